The fraction of sp³-hybridized carbons (Fsp3) is 0.818. The molecule has 1 nitrogen and oxygen atoms in total. The highest BCUT2D eigenvalue weighted by Crippen LogP contribution is 1.98. The normalized spacial score (nSPS) is 12.2. The van der Waals surface area contributed by atoms with Crippen molar-refractivity contribution in [3.05, 3.63) is 12.2 Å². The van der Waals surface area contributed by atoms with E-state index in [1.165, 1.54) is 6.42 Å². The van der Waals surface area contributed by atoms with Crippen LogP contribution in [-0.4, -0.2) is 13.1 Å². The van der Waals surface area contributed by atoms with Crippen molar-refractivity contribution in [3.63, 3.8) is 0 Å². The molecular formula is C11H23N. The van der Waals surface area contributed by atoms with Gasteiger partial charge in [0.25, 0.3) is 0 Å². The Morgan fingerprint density at radius 2 is 1.67 bits per heavy atom. The van der Waals surface area contributed by atoms with Crippen LogP contribution in [0.5, 0.6) is 0 Å². The first kappa shape index (κ1) is 11.7. The van der Waals surface area contributed by atoms with Crippen LogP contribution in [0.1, 0.15) is 34.1 Å². The van der Waals surface area contributed by atoms with Crippen LogP contribution in [0.4, 0.5) is 0 Å². The van der Waals surface area contributed by atoms with E-state index >= 15 is 0 Å². The second kappa shape index (κ2) is 7.35. The predicted octanol–water partition coefficient (Wildman–Crippen LogP) is 2.83. The third-order valence-electron chi connectivity index (χ3n) is 1.59. The van der Waals surface area contributed by atoms with Crippen LogP contribution in [0.3, 0.4) is 0 Å². The molecule has 0 aromatic rings. The summed E-state index contributed by atoms with van der Waals surface area (Å²) in [7, 11) is 0. The Bertz CT molecular complexity index is 114. The zero-order chi connectivity index (χ0) is 9.40. The molecule has 0 fully saturated rings. The van der Waals surface area contributed by atoms with Crippen LogP contribution in [0.15, 0.2) is 12.2 Å². The quantitative estimate of drug-likeness (QED) is 0.476. The van der Waals surface area contributed by atoms with Crippen molar-refractivity contribution < 1.29 is 0 Å². The third-order valence-corrected chi connectivity index (χ3v) is 1.59. The fourth-order valence-corrected chi connectivity index (χ4v) is 0.907. The molecule has 0 unspecified atom stereocenters. The Labute approximate surface area is 77.2 Å². The molecular weight excluding hydrogens is 146 g/mol. The SMILES string of the molecule is CC(C)C/C=C/CNCC(C)C. The summed E-state index contributed by atoms with van der Waals surface area (Å²) in [5.41, 5.74) is 0. The second-order valence-corrected chi connectivity index (χ2v) is 4.15. The molecule has 0 saturated carbocycles. The Morgan fingerprint density at radius 3 is 2.17 bits per heavy atom. The van der Waals surface area contributed by atoms with Crippen molar-refractivity contribution in [2.24, 2.45) is 11.8 Å². The first-order valence-corrected chi connectivity index (χ1v) is 4.98. The standard InChI is InChI=1S/C11H23N/c1-10(2)7-5-6-8-12-9-11(3)4/h5-6,10-12H,7-9H2,1-4H3/b6-5+. The van der Waals surface area contributed by atoms with E-state index in [4.69, 9.17) is 0 Å². The Balaban J connectivity index is 3.13. The highest BCUT2D eigenvalue weighted by molar-refractivity contribution is 4.84. The second-order valence-electron chi connectivity index (χ2n) is 4.15. The van der Waals surface area contributed by atoms with E-state index < -0.39 is 0 Å². The van der Waals surface area contributed by atoms with Gasteiger partial charge in [0, 0.05) is 6.54 Å². The zero-order valence-electron chi connectivity index (χ0n) is 8.93. The molecule has 0 aliphatic rings. The molecule has 0 aliphatic heterocycles. The van der Waals surface area contributed by atoms with Crippen LogP contribution in [0, 0.1) is 11.8 Å². The lowest BCUT2D eigenvalue weighted by atomic mass is 10.1. The van der Waals surface area contributed by atoms with Gasteiger partial charge in [0.15, 0.2) is 0 Å². The van der Waals surface area contributed by atoms with Crippen molar-refractivity contribution in [2.45, 2.75) is 34.1 Å². The van der Waals surface area contributed by atoms with Crippen molar-refractivity contribution in [1.82, 2.24) is 5.32 Å². The minimum absolute atomic E-state index is 0.753. The Morgan fingerprint density at radius 1 is 1.00 bits per heavy atom. The van der Waals surface area contributed by atoms with Gasteiger partial charge in [-0.15, -0.1) is 0 Å². The molecule has 1 N–H and O–H groups in total. The largest absolute Gasteiger partial charge is 0.313 e. The molecule has 0 rings (SSSR count). The summed E-state index contributed by atoms with van der Waals surface area (Å²) >= 11 is 0. The van der Waals surface area contributed by atoms with E-state index in [0.29, 0.717) is 0 Å². The van der Waals surface area contributed by atoms with Gasteiger partial charge >= 0.3 is 0 Å². The molecule has 72 valence electrons. The third kappa shape index (κ3) is 9.70. The van der Waals surface area contributed by atoms with Crippen LogP contribution in [0.2, 0.25) is 0 Å². The van der Waals surface area contributed by atoms with Gasteiger partial charge in [-0.2, -0.15) is 0 Å². The van der Waals surface area contributed by atoms with E-state index in [1.807, 2.05) is 0 Å². The summed E-state index contributed by atoms with van der Waals surface area (Å²) < 4.78 is 0. The lowest BCUT2D eigenvalue weighted by Crippen LogP contribution is -2.19. The maximum atomic E-state index is 3.37. The Hall–Kier alpha value is -0.300. The first-order valence-electron chi connectivity index (χ1n) is 4.98. The molecule has 12 heavy (non-hydrogen) atoms. The topological polar surface area (TPSA) is 12.0 Å². The highest BCUT2D eigenvalue weighted by atomic mass is 14.8. The van der Waals surface area contributed by atoms with Gasteiger partial charge < -0.3 is 5.32 Å². The predicted molar refractivity (Wildman–Crippen MR) is 56.3 cm³/mol. The molecule has 1 heteroatoms. The van der Waals surface area contributed by atoms with Crippen LogP contribution in [0.25, 0.3) is 0 Å². The van der Waals surface area contributed by atoms with Crippen LogP contribution >= 0.6 is 0 Å². The van der Waals surface area contributed by atoms with Crippen molar-refractivity contribution in [2.75, 3.05) is 13.1 Å². The number of hydrogen-bond donors (Lipinski definition) is 1. The highest BCUT2D eigenvalue weighted by Gasteiger charge is 1.90. The maximum absolute atomic E-state index is 3.37. The fourth-order valence-electron chi connectivity index (χ4n) is 0.907. The molecule has 0 spiro atoms. The lowest BCUT2D eigenvalue weighted by Gasteiger charge is -2.03. The van der Waals surface area contributed by atoms with E-state index in [2.05, 4.69) is 45.2 Å². The maximum Gasteiger partial charge on any atom is 0.0135 e. The van der Waals surface area contributed by atoms with Crippen LogP contribution < -0.4 is 5.32 Å². The summed E-state index contributed by atoms with van der Waals surface area (Å²) in [5, 5.41) is 3.37. The molecule has 0 aliphatic carbocycles. The van der Waals surface area contributed by atoms with Crippen molar-refractivity contribution >= 4 is 0 Å². The smallest absolute Gasteiger partial charge is 0.0135 e. The monoisotopic (exact) mass is 169 g/mol. The molecule has 0 aromatic carbocycles. The minimum Gasteiger partial charge on any atom is -0.313 e. The average molecular weight is 169 g/mol. The summed E-state index contributed by atoms with van der Waals surface area (Å²) in [6.45, 7) is 11.1. The summed E-state index contributed by atoms with van der Waals surface area (Å²) in [5.74, 6) is 1.54. The van der Waals surface area contributed by atoms with Crippen molar-refractivity contribution in [3.8, 4) is 0 Å². The first-order chi connectivity index (χ1) is 5.63. The Kier molecular flexibility index (Phi) is 7.17. The minimum atomic E-state index is 0.753. The molecule has 0 atom stereocenters. The van der Waals surface area contributed by atoms with Gasteiger partial charge in [0.05, 0.1) is 0 Å². The number of allylic oxidation sites excluding steroid dienone is 1. The molecule has 0 aromatic heterocycles. The summed E-state index contributed by atoms with van der Waals surface area (Å²) in [4.78, 5) is 0. The molecule has 0 saturated heterocycles. The van der Waals surface area contributed by atoms with Gasteiger partial charge in [-0.05, 0) is 24.8 Å². The molecule has 0 radical (unpaired) electrons. The average Bonchev–Trinajstić information content (AvgIpc) is 1.95. The van der Waals surface area contributed by atoms with Gasteiger partial charge in [-0.1, -0.05) is 39.8 Å². The zero-order valence-corrected chi connectivity index (χ0v) is 8.93. The van der Waals surface area contributed by atoms with E-state index in [-0.39, 0.29) is 0 Å². The van der Waals surface area contributed by atoms with E-state index in [0.717, 1.165) is 24.9 Å². The molecule has 0 heterocycles. The van der Waals surface area contributed by atoms with Gasteiger partial charge in [-0.25, -0.2) is 0 Å². The van der Waals surface area contributed by atoms with E-state index in [1.54, 1.807) is 0 Å². The van der Waals surface area contributed by atoms with E-state index in [9.17, 15) is 0 Å². The molecule has 0 bridgehead atoms. The number of nitrogens with one attached hydrogen (secondary N) is 1. The van der Waals surface area contributed by atoms with Crippen LogP contribution in [-0.2, 0) is 0 Å². The van der Waals surface area contributed by atoms with Crippen molar-refractivity contribution in [1.29, 1.82) is 0 Å². The summed E-state index contributed by atoms with van der Waals surface area (Å²) in [6.07, 6.45) is 5.68. The lowest BCUT2D eigenvalue weighted by molar-refractivity contribution is 0.576. The van der Waals surface area contributed by atoms with Gasteiger partial charge in [0.1, 0.15) is 0 Å². The van der Waals surface area contributed by atoms with Gasteiger partial charge in [-0.3, -0.25) is 0 Å². The number of hydrogen-bond acceptors (Lipinski definition) is 1. The summed E-state index contributed by atoms with van der Waals surface area (Å²) in [6, 6.07) is 0. The molecule has 0 amide bonds. The van der Waals surface area contributed by atoms with Gasteiger partial charge in [0.2, 0.25) is 0 Å². The number of rotatable bonds is 6.